The molecule has 0 aromatic heterocycles. The van der Waals surface area contributed by atoms with Gasteiger partial charge in [0.25, 0.3) is 7.82 Å². The number of phosphoric acid groups is 1. The Bertz CT molecular complexity index is 1190. The normalized spacial score (nSPS) is 14.6. The SMILES string of the molecule is CCCCCCC/C=C\C/C=C\C/C=C\CCCCCCCCCCCCCCCCC(=O)NC(COP(=O)([O-])OCC[N+](C)(C)C)C(O)/C=C/CC/C=C/CCCCCCC. The van der Waals surface area contributed by atoms with Gasteiger partial charge in [-0.2, -0.15) is 0 Å². The summed E-state index contributed by atoms with van der Waals surface area (Å²) in [6.07, 6.45) is 58.7. The molecule has 0 spiro atoms. The van der Waals surface area contributed by atoms with Gasteiger partial charge in [-0.25, -0.2) is 0 Å². The lowest BCUT2D eigenvalue weighted by Crippen LogP contribution is -2.45. The Morgan fingerprint density at radius 2 is 0.952 bits per heavy atom. The van der Waals surface area contributed by atoms with Crippen LogP contribution < -0.4 is 10.2 Å². The second-order valence-corrected chi connectivity index (χ2v) is 19.9. The summed E-state index contributed by atoms with van der Waals surface area (Å²) in [7, 11) is 1.24. The van der Waals surface area contributed by atoms with Crippen LogP contribution in [0.5, 0.6) is 0 Å². The van der Waals surface area contributed by atoms with Crippen LogP contribution in [0, 0.1) is 0 Å². The highest BCUT2D eigenvalue weighted by atomic mass is 31.2. The zero-order valence-corrected chi connectivity index (χ0v) is 42.0. The van der Waals surface area contributed by atoms with Crippen molar-refractivity contribution in [2.75, 3.05) is 40.9 Å². The average Bonchev–Trinajstić information content (AvgIpc) is 3.23. The highest BCUT2D eigenvalue weighted by molar-refractivity contribution is 7.45. The summed E-state index contributed by atoms with van der Waals surface area (Å²) >= 11 is 0. The number of quaternary nitrogens is 1. The third-order valence-electron chi connectivity index (χ3n) is 11.2. The summed E-state index contributed by atoms with van der Waals surface area (Å²) in [4.78, 5) is 25.3. The van der Waals surface area contributed by atoms with E-state index in [4.69, 9.17) is 9.05 Å². The van der Waals surface area contributed by atoms with Crippen LogP contribution >= 0.6 is 7.82 Å². The van der Waals surface area contributed by atoms with Crippen molar-refractivity contribution in [1.29, 1.82) is 0 Å². The smallest absolute Gasteiger partial charge is 0.268 e. The summed E-state index contributed by atoms with van der Waals surface area (Å²) in [5.41, 5.74) is 0. The first-order chi connectivity index (χ1) is 30.0. The number of rotatable bonds is 46. The van der Waals surface area contributed by atoms with Gasteiger partial charge < -0.3 is 28.8 Å². The molecule has 8 nitrogen and oxygen atoms in total. The van der Waals surface area contributed by atoms with Crippen molar-refractivity contribution in [2.45, 2.75) is 231 Å². The van der Waals surface area contributed by atoms with Crippen molar-refractivity contribution < 1.29 is 32.9 Å². The van der Waals surface area contributed by atoms with Gasteiger partial charge in [-0.3, -0.25) is 9.36 Å². The van der Waals surface area contributed by atoms with E-state index in [9.17, 15) is 19.4 Å². The maximum Gasteiger partial charge on any atom is 0.268 e. The Balaban J connectivity index is 4.13. The minimum Gasteiger partial charge on any atom is -0.756 e. The van der Waals surface area contributed by atoms with Gasteiger partial charge in [0.1, 0.15) is 13.2 Å². The Hall–Kier alpha value is -1.80. The minimum atomic E-state index is -4.60. The average molecular weight is 891 g/mol. The minimum absolute atomic E-state index is 0.00806. The number of carbonyl (C=O) groups is 1. The molecule has 0 bridgehead atoms. The number of hydrogen-bond donors (Lipinski definition) is 2. The largest absolute Gasteiger partial charge is 0.756 e. The number of unbranched alkanes of at least 4 members (excludes halogenated alkanes) is 25. The topological polar surface area (TPSA) is 108 Å². The molecule has 0 aliphatic rings. The Kier molecular flexibility index (Phi) is 43.1. The lowest BCUT2D eigenvalue weighted by atomic mass is 10.0. The molecule has 0 aromatic rings. The van der Waals surface area contributed by atoms with Crippen LogP contribution in [-0.4, -0.2) is 68.5 Å². The second-order valence-electron chi connectivity index (χ2n) is 18.5. The van der Waals surface area contributed by atoms with Gasteiger partial charge in [-0.05, 0) is 70.6 Å². The maximum absolute atomic E-state index is 12.9. The zero-order chi connectivity index (χ0) is 45.7. The predicted molar refractivity (Wildman–Crippen MR) is 265 cm³/mol. The van der Waals surface area contributed by atoms with Crippen molar-refractivity contribution in [1.82, 2.24) is 5.32 Å². The molecule has 0 heterocycles. The number of hydrogen-bond acceptors (Lipinski definition) is 6. The summed E-state index contributed by atoms with van der Waals surface area (Å²) < 4.78 is 23.2. The lowest BCUT2D eigenvalue weighted by molar-refractivity contribution is -0.870. The molecule has 0 aliphatic carbocycles. The van der Waals surface area contributed by atoms with Crippen molar-refractivity contribution in [3.05, 3.63) is 60.8 Å². The van der Waals surface area contributed by atoms with E-state index in [0.717, 1.165) is 51.4 Å². The maximum atomic E-state index is 12.9. The van der Waals surface area contributed by atoms with Crippen LogP contribution in [0.3, 0.4) is 0 Å². The predicted octanol–water partition coefficient (Wildman–Crippen LogP) is 14.3. The molecule has 3 unspecified atom stereocenters. The first kappa shape index (κ1) is 60.2. The van der Waals surface area contributed by atoms with Crippen molar-refractivity contribution in [3.8, 4) is 0 Å². The number of aliphatic hydroxyl groups excluding tert-OH is 1. The molecule has 0 rings (SSSR count). The Morgan fingerprint density at radius 1 is 0.565 bits per heavy atom. The van der Waals surface area contributed by atoms with Crippen LogP contribution in [0.4, 0.5) is 0 Å². The van der Waals surface area contributed by atoms with Crippen molar-refractivity contribution in [3.63, 3.8) is 0 Å². The van der Waals surface area contributed by atoms with Gasteiger partial charge in [-0.1, -0.05) is 203 Å². The summed E-state index contributed by atoms with van der Waals surface area (Å²) in [6.45, 7) is 4.58. The number of aliphatic hydroxyl groups is 1. The van der Waals surface area contributed by atoms with Gasteiger partial charge >= 0.3 is 0 Å². The number of nitrogens with one attached hydrogen (secondary N) is 1. The van der Waals surface area contributed by atoms with E-state index < -0.39 is 26.6 Å². The van der Waals surface area contributed by atoms with Gasteiger partial charge in [0.05, 0.1) is 39.9 Å². The molecule has 0 aliphatic heterocycles. The summed E-state index contributed by atoms with van der Waals surface area (Å²) in [5, 5.41) is 13.8. The summed E-state index contributed by atoms with van der Waals surface area (Å²) in [5.74, 6) is -0.211. The van der Waals surface area contributed by atoms with E-state index in [2.05, 4.69) is 67.8 Å². The van der Waals surface area contributed by atoms with Crippen molar-refractivity contribution >= 4 is 13.7 Å². The zero-order valence-electron chi connectivity index (χ0n) is 41.1. The first-order valence-corrected chi connectivity index (χ1v) is 27.1. The summed E-state index contributed by atoms with van der Waals surface area (Å²) in [6, 6.07) is -0.903. The molecular weight excluding hydrogens is 792 g/mol. The van der Waals surface area contributed by atoms with Crippen LogP contribution in [0.15, 0.2) is 60.8 Å². The molecule has 2 N–H and O–H groups in total. The fourth-order valence-electron chi connectivity index (χ4n) is 7.12. The van der Waals surface area contributed by atoms with Gasteiger partial charge in [0.15, 0.2) is 0 Å². The fraction of sp³-hybridized carbons (Fsp3) is 0.792. The standard InChI is InChI=1S/C53H99N2O6P/c1-6-8-10-12-14-16-18-19-20-21-22-23-24-25-26-27-28-29-30-31-32-33-34-35-37-39-41-43-45-47-53(57)54-51(50-61-62(58,59)60-49-48-55(3,4)5)52(56)46-44-42-40-38-36-17-15-13-11-9-7-2/h18-19,21-22,24-25,36,38,44,46,51-52,56H,6-17,20,23,26-35,37,39-43,45,47-50H2,1-5H3,(H-,54,57,58,59)/b19-18-,22-21-,25-24-,38-36+,46-44+. The van der Waals surface area contributed by atoms with E-state index in [0.29, 0.717) is 17.4 Å². The van der Waals surface area contributed by atoms with E-state index in [-0.39, 0.29) is 12.5 Å². The Labute approximate surface area is 383 Å². The number of likely N-dealkylation sites (N-methyl/N-ethyl adjacent to an activating group) is 1. The number of carbonyl (C=O) groups excluding carboxylic acids is 1. The number of nitrogens with zero attached hydrogens (tertiary/aromatic N) is 1. The molecule has 62 heavy (non-hydrogen) atoms. The number of phosphoric ester groups is 1. The molecule has 9 heteroatoms. The Morgan fingerprint density at radius 3 is 1.42 bits per heavy atom. The fourth-order valence-corrected chi connectivity index (χ4v) is 7.84. The van der Waals surface area contributed by atoms with Crippen LogP contribution in [0.1, 0.15) is 219 Å². The monoisotopic (exact) mass is 891 g/mol. The van der Waals surface area contributed by atoms with Gasteiger partial charge in [0, 0.05) is 6.42 Å². The number of amides is 1. The van der Waals surface area contributed by atoms with E-state index in [1.165, 1.54) is 148 Å². The molecule has 0 saturated heterocycles. The van der Waals surface area contributed by atoms with Crippen molar-refractivity contribution in [2.24, 2.45) is 0 Å². The molecule has 0 fully saturated rings. The third kappa shape index (κ3) is 46.2. The molecule has 0 radical (unpaired) electrons. The highest BCUT2D eigenvalue weighted by Crippen LogP contribution is 2.38. The van der Waals surface area contributed by atoms with E-state index in [1.54, 1.807) is 6.08 Å². The third-order valence-corrected chi connectivity index (χ3v) is 12.2. The first-order valence-electron chi connectivity index (χ1n) is 25.7. The molecule has 1 amide bonds. The molecule has 362 valence electrons. The number of allylic oxidation sites excluding steroid dienone is 9. The lowest BCUT2D eigenvalue weighted by Gasteiger charge is -2.29. The molecule has 3 atom stereocenters. The van der Waals surface area contributed by atoms with Crippen LogP contribution in [0.2, 0.25) is 0 Å². The molecule has 0 saturated carbocycles. The van der Waals surface area contributed by atoms with Gasteiger partial charge in [-0.15, -0.1) is 0 Å². The van der Waals surface area contributed by atoms with Crippen LogP contribution in [0.25, 0.3) is 0 Å². The van der Waals surface area contributed by atoms with E-state index in [1.807, 2.05) is 27.2 Å². The quantitative estimate of drug-likeness (QED) is 0.0273. The molecule has 0 aromatic carbocycles. The van der Waals surface area contributed by atoms with Crippen LogP contribution in [-0.2, 0) is 18.4 Å². The second kappa shape index (κ2) is 44.4. The molecular formula is C53H99N2O6P. The van der Waals surface area contributed by atoms with E-state index >= 15 is 0 Å². The van der Waals surface area contributed by atoms with Gasteiger partial charge in [0.2, 0.25) is 5.91 Å². The highest BCUT2D eigenvalue weighted by Gasteiger charge is 2.23.